The van der Waals surface area contributed by atoms with E-state index in [0.717, 1.165) is 25.7 Å². The van der Waals surface area contributed by atoms with Crippen LogP contribution in [0.4, 0.5) is 0 Å². The van der Waals surface area contributed by atoms with Gasteiger partial charge in [0.25, 0.3) is 0 Å². The third-order valence-corrected chi connectivity index (χ3v) is 3.50. The Balaban J connectivity index is 2.45. The molecule has 0 spiro atoms. The van der Waals surface area contributed by atoms with Gasteiger partial charge in [0, 0.05) is 6.42 Å². The van der Waals surface area contributed by atoms with E-state index in [4.69, 9.17) is 5.11 Å². The number of carboxylic acid groups (broad SMARTS) is 1. The standard InChI is InChI=1S/C12H21NO4/c1-9-4-6-12(8-14,7-5-9)13-10(15)2-3-11(16)17/h9,14H,2-8H2,1H3,(H,13,15)(H,16,17). The number of aliphatic hydroxyl groups excluding tert-OH is 1. The van der Waals surface area contributed by atoms with Crippen molar-refractivity contribution >= 4 is 11.9 Å². The fraction of sp³-hybridized carbons (Fsp3) is 0.833. The van der Waals surface area contributed by atoms with Crippen molar-refractivity contribution in [3.8, 4) is 0 Å². The number of aliphatic carboxylic acids is 1. The molecule has 3 N–H and O–H groups in total. The van der Waals surface area contributed by atoms with Crippen LogP contribution in [0.2, 0.25) is 0 Å². The number of carboxylic acids is 1. The summed E-state index contributed by atoms with van der Waals surface area (Å²) in [4.78, 5) is 21.9. The lowest BCUT2D eigenvalue weighted by Crippen LogP contribution is -2.53. The molecule has 1 fully saturated rings. The zero-order chi connectivity index (χ0) is 12.9. The van der Waals surface area contributed by atoms with Crippen LogP contribution in [0, 0.1) is 5.92 Å². The fourth-order valence-corrected chi connectivity index (χ4v) is 2.22. The molecule has 5 heteroatoms. The molecule has 98 valence electrons. The van der Waals surface area contributed by atoms with E-state index in [1.54, 1.807) is 0 Å². The first-order valence-corrected chi connectivity index (χ1v) is 6.11. The van der Waals surface area contributed by atoms with Gasteiger partial charge in [0.05, 0.1) is 18.6 Å². The number of carbonyl (C=O) groups is 2. The van der Waals surface area contributed by atoms with E-state index in [9.17, 15) is 14.7 Å². The number of aliphatic hydroxyl groups is 1. The van der Waals surface area contributed by atoms with Crippen molar-refractivity contribution in [1.29, 1.82) is 0 Å². The maximum atomic E-state index is 11.6. The van der Waals surface area contributed by atoms with E-state index < -0.39 is 11.5 Å². The van der Waals surface area contributed by atoms with Crippen LogP contribution in [0.15, 0.2) is 0 Å². The smallest absolute Gasteiger partial charge is 0.303 e. The summed E-state index contributed by atoms with van der Waals surface area (Å²) >= 11 is 0. The molecule has 0 unspecified atom stereocenters. The molecule has 0 aromatic heterocycles. The van der Waals surface area contributed by atoms with Gasteiger partial charge in [0.15, 0.2) is 0 Å². The van der Waals surface area contributed by atoms with Gasteiger partial charge < -0.3 is 15.5 Å². The van der Waals surface area contributed by atoms with E-state index in [-0.39, 0.29) is 25.4 Å². The molecule has 17 heavy (non-hydrogen) atoms. The number of nitrogens with one attached hydrogen (secondary N) is 1. The molecule has 1 saturated carbocycles. The predicted octanol–water partition coefficient (Wildman–Crippen LogP) is 0.909. The van der Waals surface area contributed by atoms with Gasteiger partial charge in [0.2, 0.25) is 5.91 Å². The zero-order valence-electron chi connectivity index (χ0n) is 10.2. The average molecular weight is 243 g/mol. The summed E-state index contributed by atoms with van der Waals surface area (Å²) in [6.45, 7) is 2.09. The summed E-state index contributed by atoms with van der Waals surface area (Å²) in [5.74, 6) is -0.628. The second-order valence-corrected chi connectivity index (χ2v) is 5.06. The van der Waals surface area contributed by atoms with Gasteiger partial charge in [0.1, 0.15) is 0 Å². The Hall–Kier alpha value is -1.10. The first kappa shape index (κ1) is 14.0. The molecule has 1 aliphatic carbocycles. The number of hydrogen-bond acceptors (Lipinski definition) is 3. The van der Waals surface area contributed by atoms with Crippen LogP contribution < -0.4 is 5.32 Å². The molecule has 0 bridgehead atoms. The first-order valence-electron chi connectivity index (χ1n) is 6.11. The summed E-state index contributed by atoms with van der Waals surface area (Å²) in [6, 6.07) is 0. The molecule has 0 heterocycles. The van der Waals surface area contributed by atoms with E-state index in [1.165, 1.54) is 0 Å². The molecule has 0 aromatic carbocycles. The highest BCUT2D eigenvalue weighted by molar-refractivity contribution is 5.81. The largest absolute Gasteiger partial charge is 0.481 e. The molecule has 0 saturated heterocycles. The van der Waals surface area contributed by atoms with E-state index in [0.29, 0.717) is 5.92 Å². The Labute approximate surface area is 101 Å². The van der Waals surface area contributed by atoms with Crippen molar-refractivity contribution in [2.75, 3.05) is 6.61 Å². The lowest BCUT2D eigenvalue weighted by Gasteiger charge is -2.38. The van der Waals surface area contributed by atoms with Crippen LogP contribution in [0.25, 0.3) is 0 Å². The molecular weight excluding hydrogens is 222 g/mol. The average Bonchev–Trinajstić information content (AvgIpc) is 2.30. The maximum absolute atomic E-state index is 11.6. The Morgan fingerprint density at radius 1 is 1.29 bits per heavy atom. The van der Waals surface area contributed by atoms with Crippen molar-refractivity contribution < 1.29 is 19.8 Å². The lowest BCUT2D eigenvalue weighted by molar-refractivity contribution is -0.139. The van der Waals surface area contributed by atoms with Gasteiger partial charge in [-0.2, -0.15) is 0 Å². The van der Waals surface area contributed by atoms with Gasteiger partial charge >= 0.3 is 5.97 Å². The summed E-state index contributed by atoms with van der Waals surface area (Å²) in [5.41, 5.74) is -0.526. The molecule has 1 rings (SSSR count). The molecule has 0 aromatic rings. The molecule has 1 aliphatic rings. The predicted molar refractivity (Wildman–Crippen MR) is 62.5 cm³/mol. The Bertz CT molecular complexity index is 282. The number of hydrogen-bond donors (Lipinski definition) is 3. The summed E-state index contributed by atoms with van der Waals surface area (Å²) in [5, 5.41) is 20.7. The van der Waals surface area contributed by atoms with Crippen molar-refractivity contribution in [3.05, 3.63) is 0 Å². The summed E-state index contributed by atoms with van der Waals surface area (Å²) in [6.07, 6.45) is 3.32. The first-order chi connectivity index (χ1) is 7.97. The van der Waals surface area contributed by atoms with Crippen molar-refractivity contribution in [2.45, 2.75) is 51.0 Å². The van der Waals surface area contributed by atoms with E-state index in [2.05, 4.69) is 12.2 Å². The highest BCUT2D eigenvalue weighted by Gasteiger charge is 2.34. The molecule has 0 atom stereocenters. The van der Waals surface area contributed by atoms with Crippen LogP contribution in [0.1, 0.15) is 45.4 Å². The highest BCUT2D eigenvalue weighted by atomic mass is 16.4. The van der Waals surface area contributed by atoms with Gasteiger partial charge in [-0.3, -0.25) is 9.59 Å². The second-order valence-electron chi connectivity index (χ2n) is 5.06. The minimum Gasteiger partial charge on any atom is -0.481 e. The van der Waals surface area contributed by atoms with Crippen molar-refractivity contribution in [1.82, 2.24) is 5.32 Å². The molecule has 0 aliphatic heterocycles. The van der Waals surface area contributed by atoms with Crippen LogP contribution in [-0.4, -0.2) is 34.2 Å². The topological polar surface area (TPSA) is 86.6 Å². The van der Waals surface area contributed by atoms with Crippen molar-refractivity contribution in [3.63, 3.8) is 0 Å². The van der Waals surface area contributed by atoms with Gasteiger partial charge in [-0.15, -0.1) is 0 Å². The molecule has 1 amide bonds. The second kappa shape index (κ2) is 6.00. The maximum Gasteiger partial charge on any atom is 0.303 e. The van der Waals surface area contributed by atoms with Crippen molar-refractivity contribution in [2.24, 2.45) is 5.92 Å². The van der Waals surface area contributed by atoms with Crippen LogP contribution in [0.3, 0.4) is 0 Å². The SMILES string of the molecule is CC1CCC(CO)(NC(=O)CCC(=O)O)CC1. The van der Waals surface area contributed by atoms with E-state index >= 15 is 0 Å². The van der Waals surface area contributed by atoms with Gasteiger partial charge in [-0.1, -0.05) is 6.92 Å². The van der Waals surface area contributed by atoms with Crippen LogP contribution >= 0.6 is 0 Å². The number of rotatable bonds is 5. The van der Waals surface area contributed by atoms with Crippen LogP contribution in [0.5, 0.6) is 0 Å². The highest BCUT2D eigenvalue weighted by Crippen LogP contribution is 2.31. The van der Waals surface area contributed by atoms with Gasteiger partial charge in [-0.25, -0.2) is 0 Å². The quantitative estimate of drug-likeness (QED) is 0.670. The number of amides is 1. The van der Waals surface area contributed by atoms with Crippen LogP contribution in [-0.2, 0) is 9.59 Å². The lowest BCUT2D eigenvalue weighted by atomic mass is 9.77. The molecule has 5 nitrogen and oxygen atoms in total. The van der Waals surface area contributed by atoms with Gasteiger partial charge in [-0.05, 0) is 31.6 Å². The normalized spacial score (nSPS) is 28.7. The number of carbonyl (C=O) groups excluding carboxylic acids is 1. The third-order valence-electron chi connectivity index (χ3n) is 3.50. The Kier molecular flexibility index (Phi) is 4.93. The Morgan fingerprint density at radius 3 is 2.35 bits per heavy atom. The fourth-order valence-electron chi connectivity index (χ4n) is 2.22. The minimum absolute atomic E-state index is 0.0212. The summed E-state index contributed by atoms with van der Waals surface area (Å²) < 4.78 is 0. The van der Waals surface area contributed by atoms with E-state index in [1.807, 2.05) is 0 Å². The Morgan fingerprint density at radius 2 is 1.88 bits per heavy atom. The molecule has 0 radical (unpaired) electrons. The zero-order valence-corrected chi connectivity index (χ0v) is 10.2. The molecular formula is C12H21NO4. The third kappa shape index (κ3) is 4.34. The summed E-state index contributed by atoms with van der Waals surface area (Å²) in [7, 11) is 0. The minimum atomic E-state index is -0.976. The monoisotopic (exact) mass is 243 g/mol.